The Balaban J connectivity index is 2.13. The lowest BCUT2D eigenvalue weighted by atomic mass is 10.1. The molecule has 2 aromatic heterocycles. The molecule has 0 bridgehead atoms. The van der Waals surface area contributed by atoms with Crippen molar-refractivity contribution in [3.05, 3.63) is 74.9 Å². The van der Waals surface area contributed by atoms with Gasteiger partial charge in [0.05, 0.1) is 22.7 Å². The monoisotopic (exact) mass is 371 g/mol. The molecule has 0 saturated heterocycles. The van der Waals surface area contributed by atoms with E-state index >= 15 is 0 Å². The number of aromatic nitrogens is 1. The second-order valence-corrected chi connectivity index (χ2v) is 6.42. The third kappa shape index (κ3) is 3.22. The molecule has 132 valence electrons. The number of rotatable bonds is 5. The van der Waals surface area contributed by atoms with Crippen LogP contribution in [0.2, 0.25) is 0 Å². The molecule has 1 aromatic carbocycles. The molecule has 0 saturated carbocycles. The second-order valence-electron chi connectivity index (χ2n) is 5.47. The van der Waals surface area contributed by atoms with Crippen molar-refractivity contribution >= 4 is 23.3 Å². The van der Waals surface area contributed by atoms with Gasteiger partial charge in [0.25, 0.3) is 5.56 Å². The van der Waals surface area contributed by atoms with Crippen LogP contribution in [0.3, 0.4) is 0 Å². The van der Waals surface area contributed by atoms with Gasteiger partial charge in [0, 0.05) is 0 Å². The lowest BCUT2D eigenvalue weighted by molar-refractivity contribution is 0.0684. The van der Waals surface area contributed by atoms with E-state index < -0.39 is 28.8 Å². The summed E-state index contributed by atoms with van der Waals surface area (Å²) in [7, 11) is 0. The maximum atomic E-state index is 12.5. The van der Waals surface area contributed by atoms with Crippen LogP contribution in [0.1, 0.15) is 26.3 Å². The van der Waals surface area contributed by atoms with Gasteiger partial charge in [-0.3, -0.25) is 9.36 Å². The highest BCUT2D eigenvalue weighted by Gasteiger charge is 2.20. The highest BCUT2D eigenvalue weighted by molar-refractivity contribution is 7.13. The standard InChI is InChI=1S/C18H13NO6S/c20-15-12(18(24)25)8-13(14-2-1-7-26-14)19(16(15)21)9-10-3-5-11(6-4-10)17(22)23/h1-8,20H,9H2,(H,22,23)(H,24,25). The Morgan fingerprint density at radius 2 is 1.73 bits per heavy atom. The van der Waals surface area contributed by atoms with Gasteiger partial charge in [-0.25, -0.2) is 9.59 Å². The molecule has 3 N–H and O–H groups in total. The summed E-state index contributed by atoms with van der Waals surface area (Å²) in [6.07, 6.45) is 0. The zero-order chi connectivity index (χ0) is 18.8. The molecule has 0 atom stereocenters. The first-order valence-corrected chi connectivity index (χ1v) is 8.32. The fraction of sp³-hybridized carbons (Fsp3) is 0.0556. The highest BCUT2D eigenvalue weighted by atomic mass is 32.1. The van der Waals surface area contributed by atoms with E-state index in [9.17, 15) is 24.6 Å². The third-order valence-electron chi connectivity index (χ3n) is 3.82. The van der Waals surface area contributed by atoms with Gasteiger partial charge in [0.2, 0.25) is 0 Å². The van der Waals surface area contributed by atoms with Crippen LogP contribution >= 0.6 is 11.3 Å². The first kappa shape index (κ1) is 17.4. The van der Waals surface area contributed by atoms with Crippen molar-refractivity contribution in [3.8, 4) is 16.3 Å². The smallest absolute Gasteiger partial charge is 0.339 e. The first-order valence-electron chi connectivity index (χ1n) is 7.44. The van der Waals surface area contributed by atoms with E-state index in [0.29, 0.717) is 16.1 Å². The van der Waals surface area contributed by atoms with Gasteiger partial charge in [0.1, 0.15) is 5.56 Å². The Morgan fingerprint density at radius 3 is 2.27 bits per heavy atom. The maximum Gasteiger partial charge on any atom is 0.339 e. The summed E-state index contributed by atoms with van der Waals surface area (Å²) >= 11 is 1.33. The molecule has 0 aliphatic carbocycles. The Labute approximate surface area is 151 Å². The number of benzene rings is 1. The molecule has 0 unspecified atom stereocenters. The van der Waals surface area contributed by atoms with E-state index in [-0.39, 0.29) is 12.1 Å². The number of pyridine rings is 1. The Kier molecular flexibility index (Phi) is 4.59. The van der Waals surface area contributed by atoms with Crippen LogP contribution in [0.4, 0.5) is 0 Å². The number of carboxylic acids is 2. The Hall–Kier alpha value is -3.39. The van der Waals surface area contributed by atoms with E-state index in [1.54, 1.807) is 29.6 Å². The molecule has 0 aliphatic heterocycles. The normalized spacial score (nSPS) is 10.6. The van der Waals surface area contributed by atoms with Crippen LogP contribution in [-0.2, 0) is 6.54 Å². The summed E-state index contributed by atoms with van der Waals surface area (Å²) in [5.74, 6) is -3.29. The van der Waals surface area contributed by atoms with Crippen molar-refractivity contribution in [3.63, 3.8) is 0 Å². The van der Waals surface area contributed by atoms with E-state index in [1.165, 1.54) is 34.1 Å². The summed E-state index contributed by atoms with van der Waals surface area (Å²) in [4.78, 5) is 35.5. The molecule has 0 spiro atoms. The Bertz CT molecular complexity index is 1030. The number of carbonyl (C=O) groups is 2. The van der Waals surface area contributed by atoms with Crippen LogP contribution in [-0.4, -0.2) is 31.8 Å². The SMILES string of the molecule is O=C(O)c1ccc(Cn2c(-c3cccs3)cc(C(=O)O)c(O)c2=O)cc1. The lowest BCUT2D eigenvalue weighted by Gasteiger charge is -2.14. The van der Waals surface area contributed by atoms with Crippen molar-refractivity contribution in [2.24, 2.45) is 0 Å². The minimum Gasteiger partial charge on any atom is -0.502 e. The van der Waals surface area contributed by atoms with Gasteiger partial charge in [-0.2, -0.15) is 0 Å². The minimum atomic E-state index is -1.39. The van der Waals surface area contributed by atoms with Crippen LogP contribution in [0.25, 0.3) is 10.6 Å². The molecule has 8 heteroatoms. The predicted octanol–water partition coefficient (Wildman–Crippen LogP) is 2.73. The first-order chi connectivity index (χ1) is 12.4. The molecule has 0 amide bonds. The molecular weight excluding hydrogens is 358 g/mol. The molecular formula is C18H13NO6S. The summed E-state index contributed by atoms with van der Waals surface area (Å²) < 4.78 is 1.27. The molecule has 2 heterocycles. The van der Waals surface area contributed by atoms with E-state index in [2.05, 4.69) is 0 Å². The van der Waals surface area contributed by atoms with E-state index in [1.807, 2.05) is 0 Å². The number of aromatic carboxylic acids is 2. The van der Waals surface area contributed by atoms with E-state index in [4.69, 9.17) is 5.11 Å². The van der Waals surface area contributed by atoms with Gasteiger partial charge >= 0.3 is 11.9 Å². The van der Waals surface area contributed by atoms with Crippen molar-refractivity contribution in [2.45, 2.75) is 6.54 Å². The second kappa shape index (κ2) is 6.85. The van der Waals surface area contributed by atoms with Crippen molar-refractivity contribution < 1.29 is 24.9 Å². The fourth-order valence-electron chi connectivity index (χ4n) is 2.52. The number of carboxylic acid groups (broad SMARTS) is 2. The number of nitrogens with zero attached hydrogens (tertiary/aromatic N) is 1. The molecule has 3 aromatic rings. The van der Waals surface area contributed by atoms with Crippen molar-refractivity contribution in [2.75, 3.05) is 0 Å². The van der Waals surface area contributed by atoms with Crippen LogP contribution in [0.5, 0.6) is 5.75 Å². The van der Waals surface area contributed by atoms with Crippen LogP contribution < -0.4 is 5.56 Å². The molecule has 3 rings (SSSR count). The van der Waals surface area contributed by atoms with Gasteiger partial charge in [-0.15, -0.1) is 11.3 Å². The van der Waals surface area contributed by atoms with Crippen LogP contribution in [0, 0.1) is 0 Å². The molecule has 0 aliphatic rings. The minimum absolute atomic E-state index is 0.0550. The van der Waals surface area contributed by atoms with Crippen LogP contribution in [0.15, 0.2) is 52.6 Å². The molecule has 0 radical (unpaired) electrons. The van der Waals surface area contributed by atoms with Crippen molar-refractivity contribution in [1.82, 2.24) is 4.57 Å². The number of aromatic hydroxyl groups is 1. The largest absolute Gasteiger partial charge is 0.502 e. The van der Waals surface area contributed by atoms with Gasteiger partial charge in [-0.1, -0.05) is 18.2 Å². The van der Waals surface area contributed by atoms with Gasteiger partial charge < -0.3 is 15.3 Å². The topological polar surface area (TPSA) is 117 Å². The number of hydrogen-bond acceptors (Lipinski definition) is 5. The lowest BCUT2D eigenvalue weighted by Crippen LogP contribution is -2.24. The quantitative estimate of drug-likeness (QED) is 0.635. The number of hydrogen-bond donors (Lipinski definition) is 3. The average molecular weight is 371 g/mol. The zero-order valence-electron chi connectivity index (χ0n) is 13.2. The summed E-state index contributed by atoms with van der Waals surface area (Å²) in [6, 6.07) is 10.7. The summed E-state index contributed by atoms with van der Waals surface area (Å²) in [5.41, 5.74) is -0.171. The summed E-state index contributed by atoms with van der Waals surface area (Å²) in [6.45, 7) is 0.0550. The zero-order valence-corrected chi connectivity index (χ0v) is 14.1. The predicted molar refractivity (Wildman–Crippen MR) is 95.1 cm³/mol. The molecule has 26 heavy (non-hydrogen) atoms. The summed E-state index contributed by atoms with van der Waals surface area (Å²) in [5, 5.41) is 29.9. The van der Waals surface area contributed by atoms with Gasteiger partial charge in [-0.05, 0) is 35.2 Å². The highest BCUT2D eigenvalue weighted by Crippen LogP contribution is 2.27. The molecule has 0 fully saturated rings. The average Bonchev–Trinajstić information content (AvgIpc) is 3.13. The van der Waals surface area contributed by atoms with Gasteiger partial charge in [0.15, 0.2) is 5.75 Å². The van der Waals surface area contributed by atoms with E-state index in [0.717, 1.165) is 0 Å². The fourth-order valence-corrected chi connectivity index (χ4v) is 3.27. The maximum absolute atomic E-state index is 12.5. The number of thiophene rings is 1. The van der Waals surface area contributed by atoms with Crippen molar-refractivity contribution in [1.29, 1.82) is 0 Å². The third-order valence-corrected chi connectivity index (χ3v) is 4.71. The Morgan fingerprint density at radius 1 is 1.04 bits per heavy atom. The molecule has 7 nitrogen and oxygen atoms in total.